The van der Waals surface area contributed by atoms with Crippen molar-refractivity contribution in [2.24, 2.45) is 5.73 Å². The van der Waals surface area contributed by atoms with Crippen LogP contribution in [0.2, 0.25) is 0 Å². The maximum atomic E-state index is 11.9. The van der Waals surface area contributed by atoms with Crippen molar-refractivity contribution in [1.29, 1.82) is 0 Å². The summed E-state index contributed by atoms with van der Waals surface area (Å²) in [5, 5.41) is 3.26. The Morgan fingerprint density at radius 3 is 2.52 bits per heavy atom. The number of nitrogens with one attached hydrogen (secondary N) is 1. The van der Waals surface area contributed by atoms with E-state index in [9.17, 15) is 4.79 Å². The Hall–Kier alpha value is -1.81. The Kier molecular flexibility index (Phi) is 5.02. The molecule has 3 N–H and O–H groups in total. The Morgan fingerprint density at radius 2 is 1.90 bits per heavy atom. The molecule has 0 spiro atoms. The average molecular weight is 347 g/mol. The van der Waals surface area contributed by atoms with E-state index >= 15 is 0 Å². The molecule has 0 radical (unpaired) electrons. The van der Waals surface area contributed by atoms with Crippen molar-refractivity contribution in [2.75, 3.05) is 5.32 Å². The van der Waals surface area contributed by atoms with Gasteiger partial charge in [-0.2, -0.15) is 0 Å². The van der Waals surface area contributed by atoms with Crippen LogP contribution in [0, 0.1) is 0 Å². The Balaban J connectivity index is 2.11. The summed E-state index contributed by atoms with van der Waals surface area (Å²) < 4.78 is 0.961. The van der Waals surface area contributed by atoms with Crippen molar-refractivity contribution in [3.8, 4) is 0 Å². The maximum absolute atomic E-state index is 11.9. The van der Waals surface area contributed by atoms with Crippen LogP contribution in [0.25, 0.3) is 0 Å². The number of primary amides is 1. The Labute approximate surface area is 133 Å². The molecule has 21 heavy (non-hydrogen) atoms. The zero-order valence-electron chi connectivity index (χ0n) is 12.0. The van der Waals surface area contributed by atoms with Crippen LogP contribution in [0.1, 0.15) is 18.9 Å². The predicted octanol–water partition coefficient (Wildman–Crippen LogP) is 3.74. The zero-order valence-corrected chi connectivity index (χ0v) is 13.6. The van der Waals surface area contributed by atoms with Crippen LogP contribution < -0.4 is 11.1 Å². The fourth-order valence-corrected chi connectivity index (χ4v) is 2.57. The van der Waals surface area contributed by atoms with E-state index in [2.05, 4.69) is 33.4 Å². The minimum Gasteiger partial charge on any atom is -0.371 e. The Bertz CT molecular complexity index is 615. The van der Waals surface area contributed by atoms with Gasteiger partial charge in [-0.3, -0.25) is 4.79 Å². The van der Waals surface area contributed by atoms with Crippen LogP contribution in [0.5, 0.6) is 0 Å². The number of aryl methyl sites for hydroxylation is 1. The molecular weight excluding hydrogens is 328 g/mol. The molecular formula is C17H19BrN2O. The van der Waals surface area contributed by atoms with Crippen LogP contribution in [-0.4, -0.2) is 11.4 Å². The molecule has 4 heteroatoms. The third kappa shape index (κ3) is 4.33. The average Bonchev–Trinajstić information content (AvgIpc) is 2.46. The van der Waals surface area contributed by atoms with Gasteiger partial charge in [0.25, 0.3) is 0 Å². The number of hydrogen-bond donors (Lipinski definition) is 2. The lowest BCUT2D eigenvalue weighted by molar-refractivity contribution is -0.122. The van der Waals surface area contributed by atoms with Crippen LogP contribution >= 0.6 is 15.9 Å². The molecule has 0 aliphatic heterocycles. The van der Waals surface area contributed by atoms with Gasteiger partial charge in [-0.25, -0.2) is 0 Å². The molecule has 0 heterocycles. The number of nitrogens with two attached hydrogens (primary N) is 1. The topological polar surface area (TPSA) is 55.1 Å². The second kappa shape index (κ2) is 6.76. The van der Waals surface area contributed by atoms with Gasteiger partial charge in [0.2, 0.25) is 5.91 Å². The highest BCUT2D eigenvalue weighted by molar-refractivity contribution is 9.10. The fourth-order valence-electron chi connectivity index (χ4n) is 2.17. The van der Waals surface area contributed by atoms with Crippen molar-refractivity contribution in [2.45, 2.75) is 25.3 Å². The highest BCUT2D eigenvalue weighted by Gasteiger charge is 2.30. The van der Waals surface area contributed by atoms with E-state index < -0.39 is 5.54 Å². The third-order valence-electron chi connectivity index (χ3n) is 3.55. The smallest absolute Gasteiger partial charge is 0.242 e. The monoisotopic (exact) mass is 346 g/mol. The summed E-state index contributed by atoms with van der Waals surface area (Å²) >= 11 is 3.43. The van der Waals surface area contributed by atoms with Crippen molar-refractivity contribution >= 4 is 27.5 Å². The fraction of sp³-hybridized carbons (Fsp3) is 0.235. The van der Waals surface area contributed by atoms with Crippen molar-refractivity contribution in [1.82, 2.24) is 0 Å². The number of carbonyl (C=O) groups excluding carboxylic acids is 1. The first kappa shape index (κ1) is 15.6. The van der Waals surface area contributed by atoms with E-state index in [1.54, 1.807) is 0 Å². The van der Waals surface area contributed by atoms with E-state index in [4.69, 9.17) is 5.73 Å². The first-order chi connectivity index (χ1) is 9.99. The molecule has 1 amide bonds. The molecule has 1 atom stereocenters. The molecule has 2 aromatic carbocycles. The Morgan fingerprint density at radius 1 is 1.19 bits per heavy atom. The summed E-state index contributed by atoms with van der Waals surface area (Å²) in [7, 11) is 0. The summed E-state index contributed by atoms with van der Waals surface area (Å²) in [5.74, 6) is -0.349. The van der Waals surface area contributed by atoms with E-state index in [1.807, 2.05) is 49.4 Å². The first-order valence-corrected chi connectivity index (χ1v) is 7.66. The lowest BCUT2D eigenvalue weighted by atomic mass is 9.92. The van der Waals surface area contributed by atoms with Gasteiger partial charge in [-0.15, -0.1) is 0 Å². The molecule has 0 saturated carbocycles. The standard InChI is InChI=1S/C17H19BrN2O/c1-17(16(19)21,11-10-13-6-3-2-4-7-13)20-15-9-5-8-14(18)12-15/h2-9,12,20H,10-11H2,1H3,(H2,19,21). The van der Waals surface area contributed by atoms with Gasteiger partial charge in [-0.05, 0) is 43.5 Å². The van der Waals surface area contributed by atoms with Gasteiger partial charge < -0.3 is 11.1 Å². The lowest BCUT2D eigenvalue weighted by Gasteiger charge is -2.29. The number of benzene rings is 2. The molecule has 2 rings (SSSR count). The summed E-state index contributed by atoms with van der Waals surface area (Å²) in [6.07, 6.45) is 1.43. The number of rotatable bonds is 6. The molecule has 3 nitrogen and oxygen atoms in total. The molecule has 0 aliphatic carbocycles. The van der Waals surface area contributed by atoms with Crippen LogP contribution in [0.3, 0.4) is 0 Å². The second-order valence-corrected chi connectivity index (χ2v) is 6.23. The number of carbonyl (C=O) groups is 1. The van der Waals surface area contributed by atoms with E-state index in [1.165, 1.54) is 5.56 Å². The summed E-state index contributed by atoms with van der Waals surface area (Å²) in [5.41, 5.74) is 6.90. The molecule has 0 bridgehead atoms. The molecule has 1 unspecified atom stereocenters. The SMILES string of the molecule is CC(CCc1ccccc1)(Nc1cccc(Br)c1)C(N)=O. The van der Waals surface area contributed by atoms with Crippen molar-refractivity contribution in [3.05, 3.63) is 64.6 Å². The molecule has 110 valence electrons. The van der Waals surface area contributed by atoms with Gasteiger partial charge >= 0.3 is 0 Å². The maximum Gasteiger partial charge on any atom is 0.242 e. The minimum absolute atomic E-state index is 0.349. The van der Waals surface area contributed by atoms with Gasteiger partial charge in [-0.1, -0.05) is 52.3 Å². The summed E-state index contributed by atoms with van der Waals surface area (Å²) in [6.45, 7) is 1.85. The van der Waals surface area contributed by atoms with E-state index in [0.29, 0.717) is 6.42 Å². The highest BCUT2D eigenvalue weighted by Crippen LogP contribution is 2.23. The van der Waals surface area contributed by atoms with Gasteiger partial charge in [0.1, 0.15) is 5.54 Å². The van der Waals surface area contributed by atoms with Crippen LogP contribution in [0.15, 0.2) is 59.1 Å². The predicted molar refractivity (Wildman–Crippen MR) is 90.1 cm³/mol. The van der Waals surface area contributed by atoms with Crippen molar-refractivity contribution < 1.29 is 4.79 Å². The zero-order chi connectivity index (χ0) is 15.3. The van der Waals surface area contributed by atoms with Crippen molar-refractivity contribution in [3.63, 3.8) is 0 Å². The first-order valence-electron chi connectivity index (χ1n) is 6.87. The lowest BCUT2D eigenvalue weighted by Crippen LogP contribution is -2.48. The third-order valence-corrected chi connectivity index (χ3v) is 4.04. The minimum atomic E-state index is -0.781. The quantitative estimate of drug-likeness (QED) is 0.836. The number of hydrogen-bond acceptors (Lipinski definition) is 2. The number of anilines is 1. The highest BCUT2D eigenvalue weighted by atomic mass is 79.9. The summed E-state index contributed by atoms with van der Waals surface area (Å²) in [6, 6.07) is 17.8. The van der Waals surface area contributed by atoms with E-state index in [0.717, 1.165) is 16.6 Å². The number of halogens is 1. The van der Waals surface area contributed by atoms with Gasteiger partial charge in [0.05, 0.1) is 0 Å². The molecule has 0 saturated heterocycles. The summed E-state index contributed by atoms with van der Waals surface area (Å²) in [4.78, 5) is 11.9. The van der Waals surface area contributed by atoms with Gasteiger partial charge in [0, 0.05) is 10.2 Å². The molecule has 2 aromatic rings. The van der Waals surface area contributed by atoms with Crippen LogP contribution in [-0.2, 0) is 11.2 Å². The largest absolute Gasteiger partial charge is 0.371 e. The van der Waals surface area contributed by atoms with Crippen LogP contribution in [0.4, 0.5) is 5.69 Å². The molecule has 0 fully saturated rings. The second-order valence-electron chi connectivity index (χ2n) is 5.32. The molecule has 0 aromatic heterocycles. The normalized spacial score (nSPS) is 13.4. The van der Waals surface area contributed by atoms with Gasteiger partial charge in [0.15, 0.2) is 0 Å². The molecule has 0 aliphatic rings. The van der Waals surface area contributed by atoms with E-state index in [-0.39, 0.29) is 5.91 Å². The number of amides is 1.